The second-order valence-electron chi connectivity index (χ2n) is 6.35. The van der Waals surface area contributed by atoms with Crippen LogP contribution in [0.2, 0.25) is 5.15 Å². The van der Waals surface area contributed by atoms with Crippen LogP contribution in [0.4, 0.5) is 5.82 Å². The Morgan fingerprint density at radius 3 is 2.82 bits per heavy atom. The second-order valence-corrected chi connectivity index (χ2v) is 6.74. The van der Waals surface area contributed by atoms with Crippen LogP contribution in [0.1, 0.15) is 18.5 Å². The van der Waals surface area contributed by atoms with E-state index in [1.807, 2.05) is 36.4 Å². The van der Waals surface area contributed by atoms with Gasteiger partial charge in [0.1, 0.15) is 11.8 Å². The molecule has 0 unspecified atom stereocenters. The molecule has 0 amide bonds. The molecule has 9 heteroatoms. The quantitative estimate of drug-likeness (QED) is 0.483. The van der Waals surface area contributed by atoms with Crippen LogP contribution >= 0.6 is 11.6 Å². The van der Waals surface area contributed by atoms with Crippen LogP contribution in [0.15, 0.2) is 55.2 Å². The molecule has 0 radical (unpaired) electrons. The van der Waals surface area contributed by atoms with Crippen molar-refractivity contribution in [1.82, 2.24) is 34.5 Å². The van der Waals surface area contributed by atoms with Crippen LogP contribution in [0, 0.1) is 0 Å². The molecule has 138 valence electrons. The number of benzene rings is 1. The van der Waals surface area contributed by atoms with E-state index >= 15 is 0 Å². The number of fused-ring (bicyclic) bond motifs is 2. The van der Waals surface area contributed by atoms with Crippen molar-refractivity contribution in [3.05, 3.63) is 66.0 Å². The van der Waals surface area contributed by atoms with Crippen LogP contribution in [0.5, 0.6) is 0 Å². The van der Waals surface area contributed by atoms with Crippen molar-refractivity contribution in [1.29, 1.82) is 0 Å². The lowest BCUT2D eigenvalue weighted by Crippen LogP contribution is -2.12. The van der Waals surface area contributed by atoms with Gasteiger partial charge in [-0.2, -0.15) is 5.10 Å². The average Bonchev–Trinajstić information content (AvgIpc) is 3.35. The van der Waals surface area contributed by atoms with Crippen molar-refractivity contribution in [3.63, 3.8) is 0 Å². The minimum absolute atomic E-state index is 0.107. The average molecular weight is 391 g/mol. The van der Waals surface area contributed by atoms with Crippen molar-refractivity contribution in [2.75, 3.05) is 5.32 Å². The maximum Gasteiger partial charge on any atom is 0.182 e. The van der Waals surface area contributed by atoms with Crippen molar-refractivity contribution in [2.45, 2.75) is 13.0 Å². The Balaban J connectivity index is 1.63. The number of nitrogens with zero attached hydrogens (tertiary/aromatic N) is 6. The van der Waals surface area contributed by atoms with Gasteiger partial charge in [0.05, 0.1) is 24.3 Å². The van der Waals surface area contributed by atoms with Crippen LogP contribution in [-0.2, 0) is 0 Å². The molecule has 5 rings (SSSR count). The van der Waals surface area contributed by atoms with Gasteiger partial charge in [-0.05, 0) is 13.0 Å². The van der Waals surface area contributed by atoms with Crippen molar-refractivity contribution in [2.24, 2.45) is 0 Å². The summed E-state index contributed by atoms with van der Waals surface area (Å²) in [6.45, 7) is 2.05. The Hall–Kier alpha value is -3.52. The number of aromatic amines is 1. The lowest BCUT2D eigenvalue weighted by molar-refractivity contribution is 0.842. The highest BCUT2D eigenvalue weighted by Crippen LogP contribution is 2.30. The summed E-state index contributed by atoms with van der Waals surface area (Å²) in [5.74, 6) is 0.676. The first kappa shape index (κ1) is 16.6. The van der Waals surface area contributed by atoms with Gasteiger partial charge in [-0.3, -0.25) is 0 Å². The number of anilines is 1. The van der Waals surface area contributed by atoms with E-state index in [1.54, 1.807) is 17.0 Å². The Labute approximate surface area is 164 Å². The second kappa shape index (κ2) is 6.58. The van der Waals surface area contributed by atoms with Gasteiger partial charge in [0.2, 0.25) is 0 Å². The predicted molar refractivity (Wildman–Crippen MR) is 107 cm³/mol. The predicted octanol–water partition coefficient (Wildman–Crippen LogP) is 3.89. The third-order valence-electron chi connectivity index (χ3n) is 4.57. The highest BCUT2D eigenvalue weighted by Gasteiger charge is 2.18. The SMILES string of the molecule is C[C@@H](Nc1ncnc2nc[nH]c12)c1cc2ncc(Cl)n2nc1-c1ccccc1. The lowest BCUT2D eigenvalue weighted by Gasteiger charge is -2.18. The van der Waals surface area contributed by atoms with Gasteiger partial charge in [0, 0.05) is 11.1 Å². The van der Waals surface area contributed by atoms with Crippen LogP contribution in [0.25, 0.3) is 28.1 Å². The van der Waals surface area contributed by atoms with E-state index in [-0.39, 0.29) is 6.04 Å². The summed E-state index contributed by atoms with van der Waals surface area (Å²) in [5, 5.41) is 8.65. The van der Waals surface area contributed by atoms with Gasteiger partial charge in [-0.25, -0.2) is 24.5 Å². The Morgan fingerprint density at radius 1 is 1.11 bits per heavy atom. The van der Waals surface area contributed by atoms with Gasteiger partial charge < -0.3 is 10.3 Å². The molecule has 0 aliphatic carbocycles. The minimum Gasteiger partial charge on any atom is -0.362 e. The summed E-state index contributed by atoms with van der Waals surface area (Å²) in [6.07, 6.45) is 4.69. The van der Waals surface area contributed by atoms with Gasteiger partial charge in [0.25, 0.3) is 0 Å². The summed E-state index contributed by atoms with van der Waals surface area (Å²) >= 11 is 6.24. The largest absolute Gasteiger partial charge is 0.362 e. The van der Waals surface area contributed by atoms with E-state index in [0.29, 0.717) is 22.3 Å². The Kier molecular flexibility index (Phi) is 3.91. The third kappa shape index (κ3) is 2.74. The first-order chi connectivity index (χ1) is 13.7. The molecule has 0 bridgehead atoms. The molecule has 0 fully saturated rings. The summed E-state index contributed by atoms with van der Waals surface area (Å²) in [4.78, 5) is 20.1. The molecular weight excluding hydrogens is 376 g/mol. The molecule has 4 heterocycles. The fourth-order valence-corrected chi connectivity index (χ4v) is 3.38. The monoisotopic (exact) mass is 390 g/mol. The number of halogens is 1. The summed E-state index contributed by atoms with van der Waals surface area (Å²) in [5.41, 5.74) is 4.85. The first-order valence-electron chi connectivity index (χ1n) is 8.71. The number of nitrogens with one attached hydrogen (secondary N) is 2. The Bertz CT molecular complexity index is 1280. The van der Waals surface area contributed by atoms with E-state index in [2.05, 4.69) is 37.2 Å². The number of imidazole rings is 2. The van der Waals surface area contributed by atoms with Gasteiger partial charge in [-0.1, -0.05) is 41.9 Å². The zero-order valence-corrected chi connectivity index (χ0v) is 15.6. The minimum atomic E-state index is -0.107. The van der Waals surface area contributed by atoms with Crippen molar-refractivity contribution in [3.8, 4) is 11.3 Å². The molecule has 0 aliphatic heterocycles. The molecule has 0 spiro atoms. The van der Waals surface area contributed by atoms with Crippen LogP contribution in [0.3, 0.4) is 0 Å². The number of hydrogen-bond donors (Lipinski definition) is 2. The summed E-state index contributed by atoms with van der Waals surface area (Å²) in [6, 6.07) is 11.9. The fraction of sp³-hybridized carbons (Fsp3) is 0.105. The van der Waals surface area contributed by atoms with E-state index in [4.69, 9.17) is 16.7 Å². The zero-order chi connectivity index (χ0) is 19.1. The molecule has 4 aromatic heterocycles. The molecule has 0 saturated carbocycles. The van der Waals surface area contributed by atoms with Crippen LogP contribution in [-0.4, -0.2) is 34.5 Å². The zero-order valence-electron chi connectivity index (χ0n) is 14.8. The van der Waals surface area contributed by atoms with Crippen LogP contribution < -0.4 is 5.32 Å². The summed E-state index contributed by atoms with van der Waals surface area (Å²) < 4.78 is 1.64. The van der Waals surface area contributed by atoms with E-state index in [0.717, 1.165) is 22.3 Å². The van der Waals surface area contributed by atoms with Crippen molar-refractivity contribution >= 4 is 34.2 Å². The third-order valence-corrected chi connectivity index (χ3v) is 4.83. The number of hydrogen-bond acceptors (Lipinski definition) is 6. The van der Waals surface area contributed by atoms with Gasteiger partial charge in [-0.15, -0.1) is 0 Å². The molecule has 28 heavy (non-hydrogen) atoms. The first-order valence-corrected chi connectivity index (χ1v) is 9.09. The topological polar surface area (TPSA) is 96.7 Å². The lowest BCUT2D eigenvalue weighted by atomic mass is 10.0. The van der Waals surface area contributed by atoms with Gasteiger partial charge >= 0.3 is 0 Å². The fourth-order valence-electron chi connectivity index (χ4n) is 3.21. The van der Waals surface area contributed by atoms with E-state index < -0.39 is 0 Å². The molecule has 8 nitrogen and oxygen atoms in total. The molecule has 1 aromatic carbocycles. The molecule has 0 aliphatic rings. The Morgan fingerprint density at radius 2 is 1.96 bits per heavy atom. The molecule has 5 aromatic rings. The molecule has 2 N–H and O–H groups in total. The highest BCUT2D eigenvalue weighted by molar-refractivity contribution is 6.29. The van der Waals surface area contributed by atoms with Crippen molar-refractivity contribution < 1.29 is 0 Å². The molecule has 1 atom stereocenters. The standard InChI is InChI=1S/C19H15ClN8/c1-11(26-19-17-18(23-9-22-17)24-10-25-19)13-7-15-21-8-14(20)28(15)27-16(13)12-5-3-2-4-6-12/h2-11H,1H3,(H2,22,23,24,25,26)/t11-/m1/s1. The molecule has 0 saturated heterocycles. The number of H-pyrrole nitrogens is 1. The maximum atomic E-state index is 6.24. The van der Waals surface area contributed by atoms with Gasteiger partial charge in [0.15, 0.2) is 22.3 Å². The highest BCUT2D eigenvalue weighted by atomic mass is 35.5. The summed E-state index contributed by atoms with van der Waals surface area (Å²) in [7, 11) is 0. The maximum absolute atomic E-state index is 6.24. The number of rotatable bonds is 4. The number of aromatic nitrogens is 7. The smallest absolute Gasteiger partial charge is 0.182 e. The normalized spacial score (nSPS) is 12.5. The van der Waals surface area contributed by atoms with E-state index in [9.17, 15) is 0 Å². The molecular formula is C19H15ClN8. The van der Waals surface area contributed by atoms with E-state index in [1.165, 1.54) is 6.33 Å².